The summed E-state index contributed by atoms with van der Waals surface area (Å²) in [5.74, 6) is 0.000164. The van der Waals surface area contributed by atoms with Crippen molar-refractivity contribution in [1.29, 1.82) is 0 Å². The second kappa shape index (κ2) is 7.09. The smallest absolute Gasteiger partial charge is 0.223 e. The van der Waals surface area contributed by atoms with E-state index >= 15 is 0 Å². The van der Waals surface area contributed by atoms with E-state index in [0.717, 1.165) is 32.2 Å². The molecular weight excluding hydrogens is 283 g/mol. The molecule has 0 saturated carbocycles. The number of para-hydroxylation sites is 1. The van der Waals surface area contributed by atoms with E-state index in [1.807, 2.05) is 11.0 Å². The Morgan fingerprint density at radius 2 is 2.00 bits per heavy atom. The Hall–Kier alpha value is -1.62. The van der Waals surface area contributed by atoms with Gasteiger partial charge in [0.2, 0.25) is 5.91 Å². The molecule has 1 aromatic rings. The number of halogens is 1. The molecule has 2 fully saturated rings. The van der Waals surface area contributed by atoms with Crippen LogP contribution in [0.1, 0.15) is 25.7 Å². The van der Waals surface area contributed by atoms with Crippen molar-refractivity contribution in [2.75, 3.05) is 31.2 Å². The average Bonchev–Trinajstić information content (AvgIpc) is 2.56. The van der Waals surface area contributed by atoms with Crippen LogP contribution < -0.4 is 10.2 Å². The second-order valence-electron chi connectivity index (χ2n) is 6.13. The minimum Gasteiger partial charge on any atom is -0.381 e. The van der Waals surface area contributed by atoms with Crippen LogP contribution >= 0.6 is 0 Å². The van der Waals surface area contributed by atoms with Gasteiger partial charge in [0.05, 0.1) is 5.69 Å². The first-order chi connectivity index (χ1) is 10.7. The maximum absolute atomic E-state index is 13.9. The van der Waals surface area contributed by atoms with Gasteiger partial charge in [-0.05, 0) is 37.8 Å². The van der Waals surface area contributed by atoms with E-state index in [2.05, 4.69) is 5.32 Å². The van der Waals surface area contributed by atoms with Crippen molar-refractivity contribution in [3.05, 3.63) is 30.1 Å². The highest BCUT2D eigenvalue weighted by Gasteiger charge is 2.27. The maximum atomic E-state index is 13.9. The van der Waals surface area contributed by atoms with Crippen LogP contribution in [0.3, 0.4) is 0 Å². The first kappa shape index (κ1) is 15.3. The first-order valence-corrected chi connectivity index (χ1v) is 8.11. The van der Waals surface area contributed by atoms with E-state index in [9.17, 15) is 9.18 Å². The van der Waals surface area contributed by atoms with Crippen molar-refractivity contribution in [1.82, 2.24) is 5.32 Å². The summed E-state index contributed by atoms with van der Waals surface area (Å²) in [5.41, 5.74) is 0.632. The Morgan fingerprint density at radius 1 is 1.23 bits per heavy atom. The molecule has 120 valence electrons. The van der Waals surface area contributed by atoms with Gasteiger partial charge in [-0.25, -0.2) is 4.39 Å². The van der Waals surface area contributed by atoms with Crippen molar-refractivity contribution < 1.29 is 13.9 Å². The zero-order valence-corrected chi connectivity index (χ0v) is 12.8. The monoisotopic (exact) mass is 306 g/mol. The van der Waals surface area contributed by atoms with Crippen LogP contribution in [-0.4, -0.2) is 38.3 Å². The molecule has 2 aliphatic heterocycles. The van der Waals surface area contributed by atoms with Gasteiger partial charge >= 0.3 is 0 Å². The fraction of sp³-hybridized carbons (Fsp3) is 0.588. The molecule has 0 aromatic heterocycles. The number of benzene rings is 1. The Bertz CT molecular complexity index is 517. The molecule has 1 N–H and O–H groups in total. The largest absolute Gasteiger partial charge is 0.381 e. The molecule has 4 nitrogen and oxygen atoms in total. The summed E-state index contributed by atoms with van der Waals surface area (Å²) in [7, 11) is 0. The van der Waals surface area contributed by atoms with Crippen LogP contribution in [-0.2, 0) is 9.53 Å². The molecule has 0 radical (unpaired) electrons. The number of hydrogen-bond donors (Lipinski definition) is 1. The predicted octanol–water partition coefficient (Wildman–Crippen LogP) is 2.34. The Kier molecular flexibility index (Phi) is 4.93. The highest BCUT2D eigenvalue weighted by Crippen LogP contribution is 2.23. The third-order valence-corrected chi connectivity index (χ3v) is 4.55. The van der Waals surface area contributed by atoms with Gasteiger partial charge in [0.1, 0.15) is 5.82 Å². The van der Waals surface area contributed by atoms with Gasteiger partial charge in [-0.15, -0.1) is 0 Å². The number of carbonyl (C=O) groups excluding carboxylic acids is 1. The van der Waals surface area contributed by atoms with Crippen LogP contribution in [0.25, 0.3) is 0 Å². The molecule has 22 heavy (non-hydrogen) atoms. The summed E-state index contributed by atoms with van der Waals surface area (Å²) in [6.07, 6.45) is 3.53. The molecule has 2 heterocycles. The lowest BCUT2D eigenvalue weighted by molar-refractivity contribution is -0.128. The number of amides is 1. The minimum atomic E-state index is -0.195. The van der Waals surface area contributed by atoms with E-state index in [4.69, 9.17) is 4.74 Å². The van der Waals surface area contributed by atoms with Gasteiger partial charge in [-0.2, -0.15) is 0 Å². The fourth-order valence-corrected chi connectivity index (χ4v) is 3.30. The van der Waals surface area contributed by atoms with Gasteiger partial charge in [0.15, 0.2) is 0 Å². The number of hydrogen-bond acceptors (Lipinski definition) is 3. The van der Waals surface area contributed by atoms with E-state index in [1.54, 1.807) is 12.1 Å². The summed E-state index contributed by atoms with van der Waals surface area (Å²) >= 11 is 0. The van der Waals surface area contributed by atoms with Gasteiger partial charge in [-0.1, -0.05) is 12.1 Å². The number of nitrogens with zero attached hydrogens (tertiary/aromatic N) is 1. The molecule has 0 spiro atoms. The lowest BCUT2D eigenvalue weighted by Crippen LogP contribution is -2.50. The van der Waals surface area contributed by atoms with E-state index in [1.165, 1.54) is 6.07 Å². The number of piperidine rings is 1. The topological polar surface area (TPSA) is 41.6 Å². The van der Waals surface area contributed by atoms with Gasteiger partial charge in [-0.3, -0.25) is 4.79 Å². The second-order valence-corrected chi connectivity index (χ2v) is 6.13. The Labute approximate surface area is 130 Å². The van der Waals surface area contributed by atoms with E-state index < -0.39 is 0 Å². The molecule has 3 rings (SSSR count). The molecule has 1 aromatic carbocycles. The van der Waals surface area contributed by atoms with Gasteiger partial charge in [0.25, 0.3) is 0 Å². The molecule has 1 unspecified atom stereocenters. The third-order valence-electron chi connectivity index (χ3n) is 4.55. The standard InChI is InChI=1S/C17H23FN2O2/c18-15-5-1-2-6-16(15)20-9-3-4-14(12-20)19-17(21)13-7-10-22-11-8-13/h1-2,5-6,13-14H,3-4,7-12H2,(H,19,21). The van der Waals surface area contributed by atoms with Crippen molar-refractivity contribution in [3.8, 4) is 0 Å². The zero-order chi connectivity index (χ0) is 15.4. The minimum absolute atomic E-state index is 0.0672. The normalized spacial score (nSPS) is 23.3. The van der Waals surface area contributed by atoms with Crippen LogP contribution in [0.4, 0.5) is 10.1 Å². The first-order valence-electron chi connectivity index (χ1n) is 8.11. The molecule has 2 aliphatic rings. The summed E-state index contributed by atoms with van der Waals surface area (Å²) in [5, 5.41) is 3.15. The summed E-state index contributed by atoms with van der Waals surface area (Å²) < 4.78 is 19.2. The molecule has 1 atom stereocenters. The molecule has 0 aliphatic carbocycles. The maximum Gasteiger partial charge on any atom is 0.223 e. The Balaban J connectivity index is 1.58. The van der Waals surface area contributed by atoms with Crippen molar-refractivity contribution in [3.63, 3.8) is 0 Å². The molecular formula is C17H23FN2O2. The van der Waals surface area contributed by atoms with Gasteiger partial charge in [0, 0.05) is 38.3 Å². The van der Waals surface area contributed by atoms with Crippen molar-refractivity contribution >= 4 is 11.6 Å². The Morgan fingerprint density at radius 3 is 2.77 bits per heavy atom. The average molecular weight is 306 g/mol. The molecule has 1 amide bonds. The number of ether oxygens (including phenoxy) is 1. The lowest BCUT2D eigenvalue weighted by atomic mass is 9.97. The summed E-state index contributed by atoms with van der Waals surface area (Å²) in [6.45, 7) is 2.86. The highest BCUT2D eigenvalue weighted by molar-refractivity contribution is 5.79. The third kappa shape index (κ3) is 3.58. The number of carbonyl (C=O) groups is 1. The molecule has 2 saturated heterocycles. The quantitative estimate of drug-likeness (QED) is 0.932. The SMILES string of the molecule is O=C(NC1CCCN(c2ccccc2F)C1)C1CCOCC1. The van der Waals surface area contributed by atoms with Crippen LogP contribution in [0.15, 0.2) is 24.3 Å². The van der Waals surface area contributed by atoms with Gasteiger partial charge < -0.3 is 15.0 Å². The summed E-state index contributed by atoms with van der Waals surface area (Å²) in [4.78, 5) is 14.4. The number of nitrogens with one attached hydrogen (secondary N) is 1. The van der Waals surface area contributed by atoms with Crippen LogP contribution in [0.5, 0.6) is 0 Å². The lowest BCUT2D eigenvalue weighted by Gasteiger charge is -2.35. The van der Waals surface area contributed by atoms with E-state index in [0.29, 0.717) is 25.4 Å². The fourth-order valence-electron chi connectivity index (χ4n) is 3.30. The van der Waals surface area contributed by atoms with Crippen LogP contribution in [0.2, 0.25) is 0 Å². The molecule has 5 heteroatoms. The number of anilines is 1. The van der Waals surface area contributed by atoms with Crippen molar-refractivity contribution in [2.24, 2.45) is 5.92 Å². The highest BCUT2D eigenvalue weighted by atomic mass is 19.1. The van der Waals surface area contributed by atoms with Crippen LogP contribution in [0, 0.1) is 11.7 Å². The zero-order valence-electron chi connectivity index (χ0n) is 12.8. The summed E-state index contributed by atoms with van der Waals surface area (Å²) in [6, 6.07) is 6.94. The van der Waals surface area contributed by atoms with E-state index in [-0.39, 0.29) is 23.7 Å². The van der Waals surface area contributed by atoms with Crippen molar-refractivity contribution in [2.45, 2.75) is 31.7 Å². The molecule has 0 bridgehead atoms. The predicted molar refractivity (Wildman–Crippen MR) is 83.3 cm³/mol. The number of rotatable bonds is 3.